The van der Waals surface area contributed by atoms with Gasteiger partial charge < -0.3 is 0 Å². The molecule has 2 heterocycles. The van der Waals surface area contributed by atoms with Crippen LogP contribution in [0.25, 0.3) is 0 Å². The third-order valence-corrected chi connectivity index (χ3v) is 4.56. The molecule has 0 bridgehead atoms. The Morgan fingerprint density at radius 2 is 2.20 bits per heavy atom. The maximum absolute atomic E-state index is 12.4. The van der Waals surface area contributed by atoms with Gasteiger partial charge in [-0.1, -0.05) is 30.3 Å². The van der Waals surface area contributed by atoms with Crippen LogP contribution in [0.5, 0.6) is 0 Å². The number of Topliss-reactive ketones (excluding diaryl/α,β-unsaturated/α-hetero) is 1. The number of hydrogen-bond donors (Lipinski definition) is 0. The van der Waals surface area contributed by atoms with Crippen LogP contribution in [0, 0.1) is 5.92 Å². The van der Waals surface area contributed by atoms with E-state index in [2.05, 4.69) is 34.1 Å². The Kier molecular flexibility index (Phi) is 4.23. The van der Waals surface area contributed by atoms with Gasteiger partial charge in [-0.3, -0.25) is 9.69 Å². The van der Waals surface area contributed by atoms with E-state index in [-0.39, 0.29) is 11.7 Å². The number of piperidine rings is 1. The highest BCUT2D eigenvalue weighted by Crippen LogP contribution is 2.23. The molecule has 1 aromatic carbocycles. The van der Waals surface area contributed by atoms with Crippen LogP contribution in [0.4, 0.5) is 0 Å². The van der Waals surface area contributed by atoms with Gasteiger partial charge in [-0.25, -0.2) is 4.98 Å². The van der Waals surface area contributed by atoms with Crippen LogP contribution in [0.1, 0.15) is 28.2 Å². The Bertz CT molecular complexity index is 553. The predicted molar refractivity (Wildman–Crippen MR) is 80.9 cm³/mol. The van der Waals surface area contributed by atoms with E-state index in [4.69, 9.17) is 0 Å². The Morgan fingerprint density at radius 3 is 2.95 bits per heavy atom. The molecule has 1 atom stereocenters. The normalized spacial score (nSPS) is 19.9. The van der Waals surface area contributed by atoms with E-state index in [0.717, 1.165) is 32.5 Å². The van der Waals surface area contributed by atoms with Crippen LogP contribution >= 0.6 is 11.3 Å². The van der Waals surface area contributed by atoms with Gasteiger partial charge >= 0.3 is 0 Å². The number of aromatic nitrogens is 1. The minimum Gasteiger partial charge on any atom is -0.298 e. The molecule has 104 valence electrons. The largest absolute Gasteiger partial charge is 0.298 e. The van der Waals surface area contributed by atoms with Crippen molar-refractivity contribution in [2.75, 3.05) is 13.1 Å². The Balaban J connectivity index is 1.63. The highest BCUT2D eigenvalue weighted by Gasteiger charge is 2.27. The maximum Gasteiger partial charge on any atom is 0.195 e. The van der Waals surface area contributed by atoms with Crippen molar-refractivity contribution >= 4 is 17.1 Å². The third-order valence-electron chi connectivity index (χ3n) is 3.77. The van der Waals surface area contributed by atoms with E-state index in [1.54, 1.807) is 6.20 Å². The molecule has 0 aliphatic carbocycles. The van der Waals surface area contributed by atoms with Crippen molar-refractivity contribution in [1.29, 1.82) is 0 Å². The topological polar surface area (TPSA) is 33.2 Å². The van der Waals surface area contributed by atoms with Crippen molar-refractivity contribution in [3.05, 3.63) is 52.5 Å². The zero-order valence-electron chi connectivity index (χ0n) is 11.4. The molecular formula is C16H18N2OS. The van der Waals surface area contributed by atoms with Gasteiger partial charge in [-0.05, 0) is 24.9 Å². The van der Waals surface area contributed by atoms with Crippen molar-refractivity contribution in [1.82, 2.24) is 9.88 Å². The summed E-state index contributed by atoms with van der Waals surface area (Å²) in [6, 6.07) is 10.5. The quantitative estimate of drug-likeness (QED) is 0.809. The summed E-state index contributed by atoms with van der Waals surface area (Å²) >= 11 is 1.45. The molecule has 1 unspecified atom stereocenters. The maximum atomic E-state index is 12.4. The van der Waals surface area contributed by atoms with Crippen molar-refractivity contribution < 1.29 is 4.79 Å². The van der Waals surface area contributed by atoms with Gasteiger partial charge in [-0.15, -0.1) is 11.3 Å². The lowest BCUT2D eigenvalue weighted by Crippen LogP contribution is -2.38. The standard InChI is InChI=1S/C16H18N2OS/c19-15(16-17-8-10-20-16)14-7-4-9-18(12-14)11-13-5-2-1-3-6-13/h1-3,5-6,8,10,14H,4,7,9,11-12H2. The van der Waals surface area contributed by atoms with Gasteiger partial charge in [0.1, 0.15) is 0 Å². The smallest absolute Gasteiger partial charge is 0.195 e. The Labute approximate surface area is 123 Å². The number of nitrogens with zero attached hydrogens (tertiary/aromatic N) is 2. The second-order valence-electron chi connectivity index (χ2n) is 5.26. The average Bonchev–Trinajstić information content (AvgIpc) is 3.02. The first-order valence-corrected chi connectivity index (χ1v) is 7.91. The minimum absolute atomic E-state index is 0.110. The lowest BCUT2D eigenvalue weighted by atomic mass is 9.93. The van der Waals surface area contributed by atoms with Crippen LogP contribution in [-0.2, 0) is 6.54 Å². The number of likely N-dealkylation sites (tertiary alicyclic amines) is 1. The number of benzene rings is 1. The van der Waals surface area contributed by atoms with Crippen LogP contribution in [0.2, 0.25) is 0 Å². The number of thiazole rings is 1. The molecule has 4 heteroatoms. The fraction of sp³-hybridized carbons (Fsp3) is 0.375. The number of hydrogen-bond acceptors (Lipinski definition) is 4. The molecule has 1 aromatic heterocycles. The summed E-state index contributed by atoms with van der Waals surface area (Å²) in [4.78, 5) is 18.9. The molecular weight excluding hydrogens is 268 g/mol. The molecule has 1 fully saturated rings. The van der Waals surface area contributed by atoms with E-state index in [0.29, 0.717) is 5.01 Å². The lowest BCUT2D eigenvalue weighted by Gasteiger charge is -2.31. The molecule has 1 saturated heterocycles. The SMILES string of the molecule is O=C(c1nccs1)C1CCCN(Cc2ccccc2)C1. The van der Waals surface area contributed by atoms with Gasteiger partial charge in [0, 0.05) is 30.6 Å². The fourth-order valence-corrected chi connectivity index (χ4v) is 3.43. The number of carbonyl (C=O) groups excluding carboxylic acids is 1. The minimum atomic E-state index is 0.110. The summed E-state index contributed by atoms with van der Waals surface area (Å²) in [6.45, 7) is 2.87. The van der Waals surface area contributed by atoms with Gasteiger partial charge in [0.25, 0.3) is 0 Å². The summed E-state index contributed by atoms with van der Waals surface area (Å²) in [5.41, 5.74) is 1.31. The van der Waals surface area contributed by atoms with E-state index in [1.165, 1.54) is 16.9 Å². The Hall–Kier alpha value is -1.52. The highest BCUT2D eigenvalue weighted by molar-refractivity contribution is 7.11. The van der Waals surface area contributed by atoms with Crippen molar-refractivity contribution in [2.24, 2.45) is 5.92 Å². The monoisotopic (exact) mass is 286 g/mol. The van der Waals surface area contributed by atoms with E-state index < -0.39 is 0 Å². The van der Waals surface area contributed by atoms with E-state index in [1.807, 2.05) is 11.4 Å². The van der Waals surface area contributed by atoms with Crippen LogP contribution in [0.3, 0.4) is 0 Å². The molecule has 1 aliphatic rings. The average molecular weight is 286 g/mol. The van der Waals surface area contributed by atoms with Gasteiger partial charge in [-0.2, -0.15) is 0 Å². The molecule has 0 N–H and O–H groups in total. The molecule has 0 saturated carbocycles. The van der Waals surface area contributed by atoms with Crippen LogP contribution in [0.15, 0.2) is 41.9 Å². The highest BCUT2D eigenvalue weighted by atomic mass is 32.1. The van der Waals surface area contributed by atoms with Crippen molar-refractivity contribution in [3.8, 4) is 0 Å². The zero-order chi connectivity index (χ0) is 13.8. The zero-order valence-corrected chi connectivity index (χ0v) is 12.2. The van der Waals surface area contributed by atoms with Gasteiger partial charge in [0.05, 0.1) is 0 Å². The molecule has 2 aromatic rings. The number of rotatable bonds is 4. The van der Waals surface area contributed by atoms with Crippen molar-refractivity contribution in [2.45, 2.75) is 19.4 Å². The summed E-state index contributed by atoms with van der Waals surface area (Å²) in [5.74, 6) is 0.330. The molecule has 0 amide bonds. The second-order valence-corrected chi connectivity index (χ2v) is 6.16. The number of ketones is 1. The summed E-state index contributed by atoms with van der Waals surface area (Å²) in [7, 11) is 0. The second kappa shape index (κ2) is 6.29. The molecule has 0 spiro atoms. The predicted octanol–water partition coefficient (Wildman–Crippen LogP) is 3.24. The molecule has 3 rings (SSSR count). The van der Waals surface area contributed by atoms with Gasteiger partial charge in [0.15, 0.2) is 10.8 Å². The van der Waals surface area contributed by atoms with Crippen molar-refractivity contribution in [3.63, 3.8) is 0 Å². The summed E-state index contributed by atoms with van der Waals surface area (Å²) < 4.78 is 0. The first-order chi connectivity index (χ1) is 9.83. The molecule has 1 aliphatic heterocycles. The summed E-state index contributed by atoms with van der Waals surface area (Å²) in [6.07, 6.45) is 3.79. The van der Waals surface area contributed by atoms with Crippen LogP contribution in [-0.4, -0.2) is 28.8 Å². The lowest BCUT2D eigenvalue weighted by molar-refractivity contribution is 0.0811. The fourth-order valence-electron chi connectivity index (χ4n) is 2.77. The Morgan fingerprint density at radius 1 is 1.35 bits per heavy atom. The van der Waals surface area contributed by atoms with Crippen LogP contribution < -0.4 is 0 Å². The first-order valence-electron chi connectivity index (χ1n) is 7.03. The van der Waals surface area contributed by atoms with E-state index >= 15 is 0 Å². The van der Waals surface area contributed by atoms with Gasteiger partial charge in [0.2, 0.25) is 0 Å². The molecule has 20 heavy (non-hydrogen) atoms. The summed E-state index contributed by atoms with van der Waals surface area (Å²) in [5, 5.41) is 2.54. The molecule has 3 nitrogen and oxygen atoms in total. The molecule has 0 radical (unpaired) electrons. The third kappa shape index (κ3) is 3.14. The van der Waals surface area contributed by atoms with E-state index in [9.17, 15) is 4.79 Å². The first kappa shape index (κ1) is 13.5. The number of carbonyl (C=O) groups is 1.